The average molecular weight is 513 g/mol. The molecule has 0 saturated heterocycles. The summed E-state index contributed by atoms with van der Waals surface area (Å²) in [5.41, 5.74) is 0. The maximum atomic E-state index is 12.5. The van der Waals surface area contributed by atoms with Crippen LogP contribution in [-0.4, -0.2) is 58.7 Å². The van der Waals surface area contributed by atoms with Gasteiger partial charge in [-0.3, -0.25) is 20.2 Å². The van der Waals surface area contributed by atoms with Gasteiger partial charge in [-0.15, -0.1) is 0 Å². The first-order valence-electron chi connectivity index (χ1n) is 13.3. The van der Waals surface area contributed by atoms with Gasteiger partial charge < -0.3 is 18.9 Å². The van der Waals surface area contributed by atoms with Crippen LogP contribution >= 0.6 is 0 Å². The van der Waals surface area contributed by atoms with Crippen LogP contribution in [-0.2, 0) is 18.9 Å². The van der Waals surface area contributed by atoms with E-state index in [1.807, 2.05) is 0 Å². The molecule has 12 nitrogen and oxygen atoms in total. The smallest absolute Gasteiger partial charge is 0.431 e. The third kappa shape index (κ3) is 6.76. The van der Waals surface area contributed by atoms with Gasteiger partial charge in [-0.05, 0) is 64.2 Å². The highest BCUT2D eigenvalue weighted by atomic mass is 16.7. The molecule has 0 aromatic rings. The van der Waals surface area contributed by atoms with Crippen LogP contribution in [0.15, 0.2) is 0 Å². The second-order valence-corrected chi connectivity index (χ2v) is 10.7. The molecule has 4 aliphatic rings. The van der Waals surface area contributed by atoms with Crippen LogP contribution in [0.1, 0.15) is 89.9 Å². The lowest BCUT2D eigenvalue weighted by atomic mass is 9.68. The van der Waals surface area contributed by atoms with Crippen LogP contribution in [0.3, 0.4) is 0 Å². The molecule has 0 radical (unpaired) electrons. The van der Waals surface area contributed by atoms with Crippen LogP contribution in [0.2, 0.25) is 0 Å². The number of ether oxygens (including phenoxy) is 4. The molecule has 4 aliphatic carbocycles. The van der Waals surface area contributed by atoms with E-state index in [2.05, 4.69) is 0 Å². The molecule has 4 unspecified atom stereocenters. The van der Waals surface area contributed by atoms with Crippen molar-refractivity contribution in [1.29, 1.82) is 0 Å². The Kier molecular flexibility index (Phi) is 8.84. The van der Waals surface area contributed by atoms with E-state index in [0.717, 1.165) is 38.5 Å². The van der Waals surface area contributed by atoms with Crippen molar-refractivity contribution in [2.75, 3.05) is 0 Å². The number of carbonyl (C=O) groups is 2. The summed E-state index contributed by atoms with van der Waals surface area (Å²) in [6, 6.07) is -1.14. The van der Waals surface area contributed by atoms with E-state index in [9.17, 15) is 29.8 Å². The van der Waals surface area contributed by atoms with Crippen molar-refractivity contribution in [2.45, 2.75) is 126 Å². The first kappa shape index (κ1) is 26.4. The van der Waals surface area contributed by atoms with E-state index < -0.39 is 24.4 Å². The predicted octanol–water partition coefficient (Wildman–Crippen LogP) is 4.81. The molecular weight excluding hydrogens is 476 g/mol. The number of hydrogen-bond acceptors (Lipinski definition) is 10. The summed E-state index contributed by atoms with van der Waals surface area (Å²) in [4.78, 5) is 46.3. The summed E-state index contributed by atoms with van der Waals surface area (Å²) in [6.45, 7) is 0. The number of fused-ring (bicyclic) bond motifs is 1. The highest BCUT2D eigenvalue weighted by Gasteiger charge is 2.44. The minimum atomic E-state index is -0.724. The molecule has 0 heterocycles. The molecule has 4 fully saturated rings. The zero-order valence-electron chi connectivity index (χ0n) is 20.5. The molecule has 12 heteroatoms. The third-order valence-electron chi connectivity index (χ3n) is 8.46. The number of nitrogens with zero attached hydrogens (tertiary/aromatic N) is 2. The molecule has 0 bridgehead atoms. The number of nitro groups is 2. The van der Waals surface area contributed by atoms with Crippen molar-refractivity contribution < 1.29 is 38.4 Å². The molecule has 0 aromatic heterocycles. The molecule has 0 amide bonds. The number of carbonyl (C=O) groups excluding carboxylic acids is 2. The molecule has 4 atom stereocenters. The molecule has 202 valence electrons. The Labute approximate surface area is 209 Å². The van der Waals surface area contributed by atoms with Crippen LogP contribution in [0.25, 0.3) is 0 Å². The first-order valence-corrected chi connectivity index (χ1v) is 13.3. The van der Waals surface area contributed by atoms with Gasteiger partial charge in [-0.1, -0.05) is 0 Å². The van der Waals surface area contributed by atoms with Crippen LogP contribution < -0.4 is 0 Å². The molecule has 0 aromatic carbocycles. The Balaban J connectivity index is 1.23. The third-order valence-corrected chi connectivity index (χ3v) is 8.46. The quantitative estimate of drug-likeness (QED) is 0.275. The van der Waals surface area contributed by atoms with E-state index in [-0.39, 0.29) is 46.1 Å². The highest BCUT2D eigenvalue weighted by Crippen LogP contribution is 2.43. The predicted molar refractivity (Wildman–Crippen MR) is 123 cm³/mol. The number of hydrogen-bond donors (Lipinski definition) is 0. The van der Waals surface area contributed by atoms with Gasteiger partial charge >= 0.3 is 12.3 Å². The molecule has 0 aliphatic heterocycles. The lowest BCUT2D eigenvalue weighted by Gasteiger charge is -2.44. The zero-order chi connectivity index (χ0) is 25.7. The topological polar surface area (TPSA) is 157 Å². The summed E-state index contributed by atoms with van der Waals surface area (Å²) >= 11 is 0. The highest BCUT2D eigenvalue weighted by molar-refractivity contribution is 5.61. The molecule has 0 spiro atoms. The van der Waals surface area contributed by atoms with Gasteiger partial charge in [0.2, 0.25) is 12.1 Å². The Hall–Kier alpha value is -2.66. The summed E-state index contributed by atoms with van der Waals surface area (Å²) in [5.74, 6) is 0.136. The van der Waals surface area contributed by atoms with Crippen LogP contribution in [0.5, 0.6) is 0 Å². The van der Waals surface area contributed by atoms with E-state index in [1.165, 1.54) is 0 Å². The van der Waals surface area contributed by atoms with E-state index >= 15 is 0 Å². The van der Waals surface area contributed by atoms with Gasteiger partial charge in [0.15, 0.2) is 0 Å². The summed E-state index contributed by atoms with van der Waals surface area (Å²) in [6.07, 6.45) is 5.51. The van der Waals surface area contributed by atoms with Gasteiger partial charge in [0.1, 0.15) is 24.4 Å². The first-order chi connectivity index (χ1) is 17.3. The van der Waals surface area contributed by atoms with Crippen molar-refractivity contribution >= 4 is 12.3 Å². The Morgan fingerprint density at radius 1 is 0.528 bits per heavy atom. The zero-order valence-corrected chi connectivity index (χ0v) is 20.5. The van der Waals surface area contributed by atoms with Crippen LogP contribution in [0, 0.1) is 32.1 Å². The molecule has 4 saturated carbocycles. The van der Waals surface area contributed by atoms with Crippen molar-refractivity contribution in [1.82, 2.24) is 0 Å². The summed E-state index contributed by atoms with van der Waals surface area (Å²) < 4.78 is 22.4. The van der Waals surface area contributed by atoms with Gasteiger partial charge in [-0.25, -0.2) is 9.59 Å². The average Bonchev–Trinajstić information content (AvgIpc) is 2.85. The molecular formula is C24H36N2O10. The standard InChI is InChI=1S/C24H36N2O10/c27-23(33-17-11-7-15(8-12-17)25(29)30)35-21-5-1-3-19-20(21)4-2-6-22(19)36-24(28)34-18-13-9-16(10-14-18)26(31)32/h15-22H,1-14H2. The Morgan fingerprint density at radius 3 is 1.22 bits per heavy atom. The van der Waals surface area contributed by atoms with Crippen molar-refractivity contribution in [3.63, 3.8) is 0 Å². The monoisotopic (exact) mass is 512 g/mol. The van der Waals surface area contributed by atoms with E-state index in [0.29, 0.717) is 51.4 Å². The van der Waals surface area contributed by atoms with Crippen molar-refractivity contribution in [2.24, 2.45) is 11.8 Å². The maximum Gasteiger partial charge on any atom is 0.508 e. The van der Waals surface area contributed by atoms with Gasteiger partial charge in [-0.2, -0.15) is 0 Å². The Bertz CT molecular complexity index is 741. The fraction of sp³-hybridized carbons (Fsp3) is 0.917. The summed E-state index contributed by atoms with van der Waals surface area (Å²) in [7, 11) is 0. The molecule has 0 N–H and O–H groups in total. The van der Waals surface area contributed by atoms with Gasteiger partial charge in [0.05, 0.1) is 0 Å². The van der Waals surface area contributed by atoms with Crippen molar-refractivity contribution in [3.05, 3.63) is 20.2 Å². The lowest BCUT2D eigenvalue weighted by molar-refractivity contribution is -0.527. The second kappa shape index (κ2) is 12.1. The fourth-order valence-electron chi connectivity index (χ4n) is 6.50. The van der Waals surface area contributed by atoms with Crippen molar-refractivity contribution in [3.8, 4) is 0 Å². The Morgan fingerprint density at radius 2 is 0.889 bits per heavy atom. The minimum absolute atomic E-state index is 0.0681. The normalized spacial score (nSPS) is 36.6. The van der Waals surface area contributed by atoms with E-state index in [4.69, 9.17) is 18.9 Å². The van der Waals surface area contributed by atoms with E-state index in [1.54, 1.807) is 0 Å². The fourth-order valence-corrected chi connectivity index (χ4v) is 6.50. The SMILES string of the molecule is O=C(OC1CCC([N+](=O)[O-])CC1)OC1CCCC2C(OC(=O)OC3CCC([N+](=O)[O-])CC3)CCCC12. The largest absolute Gasteiger partial charge is 0.508 e. The van der Waals surface area contributed by atoms with Gasteiger partial charge in [0.25, 0.3) is 0 Å². The van der Waals surface area contributed by atoms with Gasteiger partial charge in [0, 0.05) is 47.4 Å². The lowest BCUT2D eigenvalue weighted by Crippen LogP contribution is -2.45. The maximum absolute atomic E-state index is 12.5. The summed E-state index contributed by atoms with van der Waals surface area (Å²) in [5, 5.41) is 21.8. The number of rotatable bonds is 6. The second-order valence-electron chi connectivity index (χ2n) is 10.7. The van der Waals surface area contributed by atoms with Crippen LogP contribution in [0.4, 0.5) is 9.59 Å². The minimum Gasteiger partial charge on any atom is -0.431 e. The molecule has 4 rings (SSSR count). The molecule has 36 heavy (non-hydrogen) atoms.